The Bertz CT molecular complexity index is 368. The number of carboxylic acids is 1. The highest BCUT2D eigenvalue weighted by Gasteiger charge is 2.12. The third-order valence-corrected chi connectivity index (χ3v) is 2.37. The van der Waals surface area contributed by atoms with Crippen molar-refractivity contribution in [2.75, 3.05) is 6.61 Å². The average Bonchev–Trinajstić information content (AvgIpc) is 2.15. The van der Waals surface area contributed by atoms with Crippen molar-refractivity contribution >= 4 is 21.9 Å². The molecule has 1 atom stereocenters. The van der Waals surface area contributed by atoms with E-state index in [0.717, 1.165) is 10.0 Å². The fraction of sp³-hybridized carbons (Fsp3) is 0.300. The van der Waals surface area contributed by atoms with Gasteiger partial charge in [-0.05, 0) is 30.7 Å². The minimum absolute atomic E-state index is 0.0300. The minimum atomic E-state index is -1.07. The molecule has 0 heterocycles. The maximum Gasteiger partial charge on any atom is 0.324 e. The summed E-state index contributed by atoms with van der Waals surface area (Å²) in [6, 6.07) is 4.50. The quantitative estimate of drug-likeness (QED) is 0.873. The van der Waals surface area contributed by atoms with Crippen LogP contribution in [0.5, 0.6) is 5.75 Å². The number of halogens is 1. The van der Waals surface area contributed by atoms with Crippen LogP contribution in [0.15, 0.2) is 22.7 Å². The molecule has 0 spiro atoms. The predicted octanol–water partition coefficient (Wildman–Crippen LogP) is 1.55. The lowest BCUT2D eigenvalue weighted by Gasteiger charge is -2.11. The van der Waals surface area contributed by atoms with E-state index in [1.54, 1.807) is 6.07 Å². The SMILES string of the molecule is Cc1cc(Br)ccc1OC[C@H](N)C(=O)O. The van der Waals surface area contributed by atoms with Gasteiger partial charge in [0.25, 0.3) is 0 Å². The first-order valence-electron chi connectivity index (χ1n) is 4.38. The first-order chi connectivity index (χ1) is 7.00. The number of nitrogens with two attached hydrogens (primary N) is 1. The molecule has 0 aliphatic rings. The topological polar surface area (TPSA) is 72.5 Å². The number of ether oxygens (including phenoxy) is 1. The molecule has 0 bridgehead atoms. The molecule has 1 rings (SSSR count). The highest BCUT2D eigenvalue weighted by Crippen LogP contribution is 2.22. The molecule has 82 valence electrons. The Labute approximate surface area is 96.2 Å². The van der Waals surface area contributed by atoms with Gasteiger partial charge >= 0.3 is 5.97 Å². The van der Waals surface area contributed by atoms with E-state index >= 15 is 0 Å². The van der Waals surface area contributed by atoms with E-state index in [4.69, 9.17) is 15.6 Å². The fourth-order valence-corrected chi connectivity index (χ4v) is 1.50. The third kappa shape index (κ3) is 3.53. The van der Waals surface area contributed by atoms with Crippen molar-refractivity contribution < 1.29 is 14.6 Å². The lowest BCUT2D eigenvalue weighted by atomic mass is 10.2. The van der Waals surface area contributed by atoms with Crippen molar-refractivity contribution in [1.29, 1.82) is 0 Å². The van der Waals surface area contributed by atoms with Crippen molar-refractivity contribution in [1.82, 2.24) is 0 Å². The molecule has 0 unspecified atom stereocenters. The van der Waals surface area contributed by atoms with Gasteiger partial charge in [0, 0.05) is 4.47 Å². The maximum atomic E-state index is 10.4. The third-order valence-electron chi connectivity index (χ3n) is 1.87. The number of rotatable bonds is 4. The zero-order valence-electron chi connectivity index (χ0n) is 8.24. The van der Waals surface area contributed by atoms with Crippen molar-refractivity contribution in [3.05, 3.63) is 28.2 Å². The summed E-state index contributed by atoms with van der Waals surface area (Å²) in [5.41, 5.74) is 6.24. The van der Waals surface area contributed by atoms with E-state index in [1.165, 1.54) is 0 Å². The van der Waals surface area contributed by atoms with Gasteiger partial charge in [-0.25, -0.2) is 0 Å². The molecule has 4 nitrogen and oxygen atoms in total. The summed E-state index contributed by atoms with van der Waals surface area (Å²) in [6.45, 7) is 1.85. The smallest absolute Gasteiger partial charge is 0.324 e. The number of aliphatic carboxylic acids is 1. The molecule has 3 N–H and O–H groups in total. The molecule has 15 heavy (non-hydrogen) atoms. The van der Waals surface area contributed by atoms with Gasteiger partial charge in [0.05, 0.1) is 0 Å². The van der Waals surface area contributed by atoms with Crippen LogP contribution < -0.4 is 10.5 Å². The summed E-state index contributed by atoms with van der Waals surface area (Å²) in [6.07, 6.45) is 0. The van der Waals surface area contributed by atoms with Crippen LogP contribution in [0.3, 0.4) is 0 Å². The van der Waals surface area contributed by atoms with Crippen LogP contribution in [-0.4, -0.2) is 23.7 Å². The Hall–Kier alpha value is -1.07. The molecule has 0 amide bonds. The molecule has 1 aromatic carbocycles. The lowest BCUT2D eigenvalue weighted by molar-refractivity contribution is -0.139. The molecule has 0 aromatic heterocycles. The van der Waals surface area contributed by atoms with Crippen molar-refractivity contribution in [2.45, 2.75) is 13.0 Å². The first-order valence-corrected chi connectivity index (χ1v) is 5.17. The predicted molar refractivity (Wildman–Crippen MR) is 60.0 cm³/mol. The van der Waals surface area contributed by atoms with E-state index in [1.807, 2.05) is 19.1 Å². The summed E-state index contributed by atoms with van der Waals surface area (Å²) >= 11 is 3.33. The molecule has 5 heteroatoms. The lowest BCUT2D eigenvalue weighted by Crippen LogP contribution is -2.36. The second-order valence-electron chi connectivity index (χ2n) is 3.17. The second-order valence-corrected chi connectivity index (χ2v) is 4.08. The monoisotopic (exact) mass is 273 g/mol. The van der Waals surface area contributed by atoms with Gasteiger partial charge in [0.1, 0.15) is 18.4 Å². The standard InChI is InChI=1S/C10H12BrNO3/c1-6-4-7(11)2-3-9(6)15-5-8(12)10(13)14/h2-4,8H,5,12H2,1H3,(H,13,14)/t8-/m0/s1. The average molecular weight is 274 g/mol. The number of hydrogen-bond acceptors (Lipinski definition) is 3. The molecule has 0 radical (unpaired) electrons. The number of carbonyl (C=O) groups is 1. The zero-order valence-corrected chi connectivity index (χ0v) is 9.82. The van der Waals surface area contributed by atoms with Gasteiger partial charge < -0.3 is 15.6 Å². The molecule has 0 saturated heterocycles. The zero-order chi connectivity index (χ0) is 11.4. The Morgan fingerprint density at radius 3 is 2.87 bits per heavy atom. The van der Waals surface area contributed by atoms with Gasteiger partial charge in [-0.1, -0.05) is 15.9 Å². The molecular formula is C10H12BrNO3. The first kappa shape index (κ1) is 12.0. The van der Waals surface area contributed by atoms with Crippen molar-refractivity contribution in [2.24, 2.45) is 5.73 Å². The van der Waals surface area contributed by atoms with Gasteiger partial charge in [0.15, 0.2) is 0 Å². The van der Waals surface area contributed by atoms with Gasteiger partial charge in [-0.3, -0.25) is 4.79 Å². The maximum absolute atomic E-state index is 10.4. The van der Waals surface area contributed by atoms with Crippen LogP contribution >= 0.6 is 15.9 Å². The summed E-state index contributed by atoms with van der Waals surface area (Å²) in [5.74, 6) is -0.417. The normalized spacial score (nSPS) is 12.2. The van der Waals surface area contributed by atoms with Crippen LogP contribution in [0.2, 0.25) is 0 Å². The Morgan fingerprint density at radius 2 is 2.33 bits per heavy atom. The van der Waals surface area contributed by atoms with E-state index in [9.17, 15) is 4.79 Å². The van der Waals surface area contributed by atoms with Crippen LogP contribution in [0, 0.1) is 6.92 Å². The number of hydrogen-bond donors (Lipinski definition) is 2. The van der Waals surface area contributed by atoms with Crippen LogP contribution in [0.25, 0.3) is 0 Å². The fourth-order valence-electron chi connectivity index (χ4n) is 1.03. The van der Waals surface area contributed by atoms with Gasteiger partial charge in [-0.2, -0.15) is 0 Å². The molecule has 0 aliphatic heterocycles. The van der Waals surface area contributed by atoms with Crippen LogP contribution in [0.1, 0.15) is 5.56 Å². The summed E-state index contributed by atoms with van der Waals surface area (Å²) in [5, 5.41) is 8.56. The Kier molecular flexibility index (Phi) is 4.11. The highest BCUT2D eigenvalue weighted by molar-refractivity contribution is 9.10. The van der Waals surface area contributed by atoms with Crippen molar-refractivity contribution in [3.63, 3.8) is 0 Å². The molecule has 0 aliphatic carbocycles. The Balaban J connectivity index is 2.62. The van der Waals surface area contributed by atoms with Crippen LogP contribution in [0.4, 0.5) is 0 Å². The molecule has 1 aromatic rings. The van der Waals surface area contributed by atoms with E-state index < -0.39 is 12.0 Å². The highest BCUT2D eigenvalue weighted by atomic mass is 79.9. The van der Waals surface area contributed by atoms with Gasteiger partial charge in [-0.15, -0.1) is 0 Å². The second kappa shape index (κ2) is 5.14. The molecule has 0 fully saturated rings. The van der Waals surface area contributed by atoms with E-state index in [0.29, 0.717) is 5.75 Å². The summed E-state index contributed by atoms with van der Waals surface area (Å²) in [7, 11) is 0. The van der Waals surface area contributed by atoms with Crippen LogP contribution in [-0.2, 0) is 4.79 Å². The van der Waals surface area contributed by atoms with Gasteiger partial charge in [0.2, 0.25) is 0 Å². The Morgan fingerprint density at radius 1 is 1.67 bits per heavy atom. The van der Waals surface area contributed by atoms with E-state index in [-0.39, 0.29) is 6.61 Å². The van der Waals surface area contributed by atoms with Crippen molar-refractivity contribution in [3.8, 4) is 5.75 Å². The molecular weight excluding hydrogens is 262 g/mol. The minimum Gasteiger partial charge on any atom is -0.491 e. The number of carboxylic acid groups (broad SMARTS) is 1. The molecule has 0 saturated carbocycles. The number of benzene rings is 1. The van der Waals surface area contributed by atoms with E-state index in [2.05, 4.69) is 15.9 Å². The summed E-state index contributed by atoms with van der Waals surface area (Å²) in [4.78, 5) is 10.4. The largest absolute Gasteiger partial charge is 0.491 e. The number of aryl methyl sites for hydroxylation is 1. The summed E-state index contributed by atoms with van der Waals surface area (Å²) < 4.78 is 6.24.